The van der Waals surface area contributed by atoms with Crippen LogP contribution in [0.5, 0.6) is 0 Å². The number of aliphatic hydroxyl groups excluding tert-OH is 1. The zero-order valence-electron chi connectivity index (χ0n) is 29.5. The van der Waals surface area contributed by atoms with Gasteiger partial charge in [0.25, 0.3) is 5.91 Å². The summed E-state index contributed by atoms with van der Waals surface area (Å²) in [5.41, 5.74) is 0.481. The second-order valence-electron chi connectivity index (χ2n) is 14.0. The quantitative estimate of drug-likeness (QED) is 0.135. The SMILES string of the molecule is C=CCCC(=O)N[C@@H](C)[C@H](OC(=O)[C@@H]1[C@H]2O[C@@]3(CC2Br)[C@H](C(=O)N(CC=C)c2c(C)cccc2Cl)N([C@@H](CO)C(C)C)C(=O)[C@@H]13)c1ccccc1. The van der Waals surface area contributed by atoms with Crippen molar-refractivity contribution < 1.29 is 33.8 Å². The fourth-order valence-corrected chi connectivity index (χ4v) is 9.33. The molecule has 0 saturated carbocycles. The van der Waals surface area contributed by atoms with Crippen LogP contribution in [0.4, 0.5) is 5.69 Å². The summed E-state index contributed by atoms with van der Waals surface area (Å²) in [5, 5.41) is 14.0. The lowest BCUT2D eigenvalue weighted by Gasteiger charge is -2.40. The Hall–Kier alpha value is -3.51. The van der Waals surface area contributed by atoms with Crippen LogP contribution in [-0.2, 0) is 28.7 Å². The zero-order valence-corrected chi connectivity index (χ0v) is 31.8. The van der Waals surface area contributed by atoms with Crippen molar-refractivity contribution >= 4 is 56.9 Å². The molecule has 1 unspecified atom stereocenters. The summed E-state index contributed by atoms with van der Waals surface area (Å²) in [6.45, 7) is 14.6. The van der Waals surface area contributed by atoms with Crippen LogP contribution in [0.2, 0.25) is 5.02 Å². The van der Waals surface area contributed by atoms with Crippen molar-refractivity contribution in [3.63, 3.8) is 0 Å². The van der Waals surface area contributed by atoms with Crippen LogP contribution in [0.15, 0.2) is 73.8 Å². The third-order valence-electron chi connectivity index (χ3n) is 10.4. The minimum atomic E-state index is -1.42. The Balaban J connectivity index is 1.57. The fraction of sp³-hybridized carbons (Fsp3) is 0.487. The summed E-state index contributed by atoms with van der Waals surface area (Å²) in [6.07, 6.45) is 2.58. The largest absolute Gasteiger partial charge is 0.455 e. The van der Waals surface area contributed by atoms with Gasteiger partial charge in [0, 0.05) is 17.8 Å². The van der Waals surface area contributed by atoms with Gasteiger partial charge in [0.15, 0.2) is 0 Å². The van der Waals surface area contributed by atoms with Crippen molar-refractivity contribution in [3.05, 3.63) is 90.0 Å². The van der Waals surface area contributed by atoms with Gasteiger partial charge < -0.3 is 29.7 Å². The first-order chi connectivity index (χ1) is 24.3. The number of aliphatic hydroxyl groups is 1. The van der Waals surface area contributed by atoms with Crippen LogP contribution < -0.4 is 10.2 Å². The molecule has 3 heterocycles. The molecule has 2 N–H and O–H groups in total. The Bertz CT molecular complexity index is 1640. The summed E-state index contributed by atoms with van der Waals surface area (Å²) in [6, 6.07) is 11.9. The number of esters is 1. The summed E-state index contributed by atoms with van der Waals surface area (Å²) >= 11 is 10.4. The second kappa shape index (κ2) is 16.0. The van der Waals surface area contributed by atoms with Gasteiger partial charge in [0.2, 0.25) is 11.8 Å². The van der Waals surface area contributed by atoms with E-state index in [1.807, 2.05) is 57.2 Å². The Kier molecular flexibility index (Phi) is 12.2. The highest BCUT2D eigenvalue weighted by Gasteiger charge is 2.78. The third kappa shape index (κ3) is 7.14. The van der Waals surface area contributed by atoms with Crippen LogP contribution in [-0.4, -0.2) is 81.5 Å². The number of aryl methyl sites for hydroxylation is 1. The molecule has 12 heteroatoms. The molecule has 0 aliphatic carbocycles. The maximum atomic E-state index is 15.1. The van der Waals surface area contributed by atoms with E-state index >= 15 is 4.79 Å². The molecule has 9 atom stereocenters. The number of fused-ring (bicyclic) bond motifs is 1. The van der Waals surface area contributed by atoms with Crippen LogP contribution in [0.25, 0.3) is 0 Å². The van der Waals surface area contributed by atoms with Crippen LogP contribution in [0.3, 0.4) is 0 Å². The zero-order chi connectivity index (χ0) is 37.2. The molecule has 3 amide bonds. The number of nitrogens with one attached hydrogen (secondary N) is 1. The predicted octanol–water partition coefficient (Wildman–Crippen LogP) is 5.69. The number of likely N-dealkylation sites (tertiary alicyclic amines) is 1. The molecule has 2 aromatic carbocycles. The van der Waals surface area contributed by atoms with E-state index in [-0.39, 0.29) is 36.0 Å². The predicted molar refractivity (Wildman–Crippen MR) is 199 cm³/mol. The molecule has 2 aromatic rings. The molecular formula is C39H47BrClN3O7. The molecule has 5 rings (SSSR count). The first kappa shape index (κ1) is 38.7. The molecule has 3 aliphatic heterocycles. The number of halogens is 2. The maximum Gasteiger partial charge on any atom is 0.313 e. The molecule has 0 radical (unpaired) electrons. The Morgan fingerprint density at radius 3 is 2.47 bits per heavy atom. The first-order valence-corrected chi connectivity index (χ1v) is 18.7. The second-order valence-corrected chi connectivity index (χ2v) is 15.6. The minimum Gasteiger partial charge on any atom is -0.455 e. The average molecular weight is 785 g/mol. The van der Waals surface area contributed by atoms with Gasteiger partial charge >= 0.3 is 5.97 Å². The van der Waals surface area contributed by atoms with Crippen molar-refractivity contribution in [1.29, 1.82) is 0 Å². The monoisotopic (exact) mass is 783 g/mol. The summed E-state index contributed by atoms with van der Waals surface area (Å²) in [5.74, 6) is -4.19. The van der Waals surface area contributed by atoms with E-state index in [0.29, 0.717) is 22.7 Å². The number of rotatable bonds is 15. The number of carbonyl (C=O) groups is 4. The van der Waals surface area contributed by atoms with Crippen molar-refractivity contribution in [2.24, 2.45) is 17.8 Å². The number of nitrogens with zero attached hydrogens (tertiary/aromatic N) is 2. The fourth-order valence-electron chi connectivity index (χ4n) is 8.07. The number of anilines is 1. The first-order valence-electron chi connectivity index (χ1n) is 17.4. The highest BCUT2D eigenvalue weighted by molar-refractivity contribution is 9.09. The van der Waals surface area contributed by atoms with Crippen LogP contribution in [0, 0.1) is 24.7 Å². The van der Waals surface area contributed by atoms with Gasteiger partial charge in [-0.25, -0.2) is 0 Å². The van der Waals surface area contributed by atoms with Crippen molar-refractivity contribution in [2.45, 2.75) is 87.7 Å². The van der Waals surface area contributed by atoms with Gasteiger partial charge in [-0.15, -0.1) is 13.2 Å². The number of carbonyl (C=O) groups excluding carboxylic acids is 4. The smallest absolute Gasteiger partial charge is 0.313 e. The van der Waals surface area contributed by atoms with E-state index in [2.05, 4.69) is 34.4 Å². The topological polar surface area (TPSA) is 125 Å². The van der Waals surface area contributed by atoms with Gasteiger partial charge in [-0.05, 0) is 49.8 Å². The van der Waals surface area contributed by atoms with Gasteiger partial charge in [-0.3, -0.25) is 19.2 Å². The number of allylic oxidation sites excluding steroid dienone is 1. The minimum absolute atomic E-state index is 0.0932. The Morgan fingerprint density at radius 2 is 1.86 bits per heavy atom. The van der Waals surface area contributed by atoms with E-state index in [1.165, 1.54) is 9.80 Å². The number of amides is 3. The molecule has 0 aromatic heterocycles. The number of para-hydroxylation sites is 1. The maximum absolute atomic E-state index is 15.1. The summed E-state index contributed by atoms with van der Waals surface area (Å²) in [7, 11) is 0. The third-order valence-corrected chi connectivity index (χ3v) is 11.5. The number of hydrogen-bond acceptors (Lipinski definition) is 7. The van der Waals surface area contributed by atoms with E-state index in [9.17, 15) is 19.5 Å². The van der Waals surface area contributed by atoms with Crippen LogP contribution >= 0.6 is 27.5 Å². The molecule has 274 valence electrons. The summed E-state index contributed by atoms with van der Waals surface area (Å²) in [4.78, 5) is 59.7. The lowest BCUT2D eigenvalue weighted by atomic mass is 9.70. The van der Waals surface area contributed by atoms with Crippen molar-refractivity contribution in [3.8, 4) is 0 Å². The van der Waals surface area contributed by atoms with Gasteiger partial charge in [0.1, 0.15) is 17.7 Å². The normalized spacial score (nSPS) is 26.7. The lowest BCUT2D eigenvalue weighted by molar-refractivity contribution is -0.162. The molecule has 2 bridgehead atoms. The van der Waals surface area contributed by atoms with E-state index < -0.39 is 72.2 Å². The van der Waals surface area contributed by atoms with E-state index in [1.54, 1.807) is 31.2 Å². The number of alkyl halides is 1. The number of ether oxygens (including phenoxy) is 2. The van der Waals surface area contributed by atoms with E-state index in [4.69, 9.17) is 21.1 Å². The molecule has 3 fully saturated rings. The summed E-state index contributed by atoms with van der Waals surface area (Å²) < 4.78 is 13.0. The molecule has 1 spiro atoms. The van der Waals surface area contributed by atoms with Gasteiger partial charge in [-0.1, -0.05) is 96.0 Å². The molecular weight excluding hydrogens is 738 g/mol. The van der Waals surface area contributed by atoms with Crippen molar-refractivity contribution in [2.75, 3.05) is 18.1 Å². The highest BCUT2D eigenvalue weighted by atomic mass is 79.9. The molecule has 3 aliphatic rings. The molecule has 3 saturated heterocycles. The van der Waals surface area contributed by atoms with Crippen LogP contribution in [0.1, 0.15) is 57.3 Å². The van der Waals surface area contributed by atoms with E-state index in [0.717, 1.165) is 5.56 Å². The number of hydrogen-bond donors (Lipinski definition) is 2. The Labute approximate surface area is 313 Å². The standard InChI is InChI=1S/C39H47BrClN3O7/c1-7-9-18-29(46)42-24(6)33(25-15-11-10-12-16-25)50-38(49)30-31-36(47)44(28(21-45)22(3)4)35(39(31)20-26(40)34(30)51-39)37(48)43(19-8-2)32-23(5)14-13-17-27(32)41/h7-8,10-17,22,24,26,28,30-31,33-35,45H,1-2,9,18-21H2,3-6H3,(H,42,46)/t24-,26?,28-,30-,31+,33-,34-,35-,39+/m0/s1. The molecule has 51 heavy (non-hydrogen) atoms. The average Bonchev–Trinajstić information content (AvgIpc) is 3.69. The highest BCUT2D eigenvalue weighted by Crippen LogP contribution is 2.61. The Morgan fingerprint density at radius 1 is 1.16 bits per heavy atom. The molecule has 10 nitrogen and oxygen atoms in total. The number of benzene rings is 2. The van der Waals surface area contributed by atoms with Gasteiger partial charge in [0.05, 0.1) is 47.3 Å². The van der Waals surface area contributed by atoms with Gasteiger partial charge in [-0.2, -0.15) is 0 Å². The lowest BCUT2D eigenvalue weighted by Crippen LogP contribution is -2.60. The van der Waals surface area contributed by atoms with Crippen molar-refractivity contribution in [1.82, 2.24) is 10.2 Å².